The van der Waals surface area contributed by atoms with Crippen LogP contribution in [0, 0.1) is 5.41 Å². The summed E-state index contributed by atoms with van der Waals surface area (Å²) in [6, 6.07) is -2.48. The summed E-state index contributed by atoms with van der Waals surface area (Å²) in [7, 11) is 0. The SMILES string of the molecule is C1CCCCC1.CC.CC.CCC.CCC[C@H](NC(=O)C1CCCN1C(=O)C(NC(=O)CNC(=O)c1cnccn1)C(C)(C)C)C(O)C(=O)NC1CC1. The molecule has 304 valence electrons. The lowest BCUT2D eigenvalue weighted by Crippen LogP contribution is -2.60. The number of aromatic nitrogens is 2. The van der Waals surface area contributed by atoms with Gasteiger partial charge in [0.15, 0.2) is 6.10 Å². The maximum absolute atomic E-state index is 13.7. The fourth-order valence-electron chi connectivity index (χ4n) is 5.65. The second-order valence-electron chi connectivity index (χ2n) is 14.3. The Morgan fingerprint density at radius 2 is 1.43 bits per heavy atom. The van der Waals surface area contributed by atoms with Crippen molar-refractivity contribution in [1.29, 1.82) is 0 Å². The summed E-state index contributed by atoms with van der Waals surface area (Å²) in [6.07, 6.45) is 16.7. The second-order valence-corrected chi connectivity index (χ2v) is 14.3. The number of hydrogen-bond acceptors (Lipinski definition) is 8. The zero-order valence-electron chi connectivity index (χ0n) is 34.6. The van der Waals surface area contributed by atoms with E-state index in [-0.39, 0.29) is 18.3 Å². The predicted octanol–water partition coefficient (Wildman–Crippen LogP) is 5.46. The standard InChI is InChI=1S/C27H41N7O6.C6H12.C3H8.2C2H6/c1-5-7-17(21(36)25(39)31-16-9-10-16)32-24(38)19-8-6-13-34(19)26(40)22(27(2,3)4)33-20(35)15-30-23(37)18-14-28-11-12-29-18;1-2-4-6-5-3-1;1-3-2;2*1-2/h11-12,14,16-17,19,21-22,36H,5-10,13,15H2,1-4H3,(H,30,37)(H,31,39)(H,32,38)(H,33,35);1-6H2;3H2,1-2H3;2*1-2H3/t17-,19?,21?,22?;;;;/m0..../s1. The summed E-state index contributed by atoms with van der Waals surface area (Å²) in [5.74, 6) is -2.52. The number of carbonyl (C=O) groups excluding carboxylic acids is 5. The highest BCUT2D eigenvalue weighted by Crippen LogP contribution is 2.26. The van der Waals surface area contributed by atoms with Crippen LogP contribution in [0.4, 0.5) is 0 Å². The molecule has 1 aromatic rings. The third-order valence-corrected chi connectivity index (χ3v) is 8.46. The Balaban J connectivity index is 0.00000179. The molecule has 3 unspecified atom stereocenters. The minimum absolute atomic E-state index is 0.0567. The van der Waals surface area contributed by atoms with Crippen molar-refractivity contribution in [2.45, 2.75) is 183 Å². The van der Waals surface area contributed by atoms with Crippen LogP contribution in [0.15, 0.2) is 18.6 Å². The molecule has 13 nitrogen and oxygen atoms in total. The Morgan fingerprint density at radius 3 is 1.91 bits per heavy atom. The van der Waals surface area contributed by atoms with E-state index < -0.39 is 59.2 Å². The number of likely N-dealkylation sites (tertiary alicyclic amines) is 1. The second kappa shape index (κ2) is 27.9. The molecule has 1 aliphatic heterocycles. The van der Waals surface area contributed by atoms with E-state index in [9.17, 15) is 29.1 Å². The zero-order chi connectivity index (χ0) is 40.4. The number of amides is 5. The number of carbonyl (C=O) groups is 5. The van der Waals surface area contributed by atoms with Gasteiger partial charge in [0.05, 0.1) is 18.8 Å². The van der Waals surface area contributed by atoms with E-state index in [1.807, 2.05) is 34.6 Å². The molecule has 4 atom stereocenters. The Hall–Kier alpha value is -3.61. The number of aliphatic hydroxyl groups is 1. The van der Waals surface area contributed by atoms with Crippen LogP contribution < -0.4 is 21.3 Å². The molecule has 0 aromatic carbocycles. The fourth-order valence-corrected chi connectivity index (χ4v) is 5.65. The molecule has 4 rings (SSSR count). The van der Waals surface area contributed by atoms with Crippen molar-refractivity contribution < 1.29 is 29.1 Å². The first kappa shape index (κ1) is 49.4. The number of hydrogen-bond donors (Lipinski definition) is 5. The van der Waals surface area contributed by atoms with Crippen LogP contribution in [0.5, 0.6) is 0 Å². The van der Waals surface area contributed by atoms with E-state index in [4.69, 9.17) is 0 Å². The van der Waals surface area contributed by atoms with Crippen molar-refractivity contribution in [2.75, 3.05) is 13.1 Å². The van der Waals surface area contributed by atoms with Gasteiger partial charge in [-0.05, 0) is 37.5 Å². The average molecular weight is 748 g/mol. The van der Waals surface area contributed by atoms with E-state index in [2.05, 4.69) is 45.1 Å². The van der Waals surface area contributed by atoms with E-state index in [0.717, 1.165) is 12.8 Å². The number of nitrogens with one attached hydrogen (secondary N) is 4. The average Bonchev–Trinajstić information content (AvgIpc) is 3.85. The van der Waals surface area contributed by atoms with Crippen molar-refractivity contribution >= 4 is 29.5 Å². The van der Waals surface area contributed by atoms with Gasteiger partial charge < -0.3 is 31.3 Å². The molecular formula is C40H73N7O6. The number of rotatable bonds is 12. The van der Waals surface area contributed by atoms with Crippen LogP contribution in [0.25, 0.3) is 0 Å². The molecule has 0 bridgehead atoms. The minimum atomic E-state index is -1.39. The molecule has 3 aliphatic rings. The fraction of sp³-hybridized carbons (Fsp3) is 0.775. The highest BCUT2D eigenvalue weighted by atomic mass is 16.3. The quantitative estimate of drug-likeness (QED) is 0.187. The molecule has 53 heavy (non-hydrogen) atoms. The highest BCUT2D eigenvalue weighted by molar-refractivity contribution is 5.96. The molecule has 0 spiro atoms. The number of nitrogens with zero attached hydrogens (tertiary/aromatic N) is 3. The van der Waals surface area contributed by atoms with Gasteiger partial charge in [-0.15, -0.1) is 0 Å². The molecule has 1 saturated heterocycles. The summed E-state index contributed by atoms with van der Waals surface area (Å²) in [5.41, 5.74) is -0.645. The molecular weight excluding hydrogens is 674 g/mol. The summed E-state index contributed by atoms with van der Waals surface area (Å²) < 4.78 is 0. The Labute approximate surface area is 320 Å². The summed E-state index contributed by atoms with van der Waals surface area (Å²) >= 11 is 0. The largest absolute Gasteiger partial charge is 0.381 e. The van der Waals surface area contributed by atoms with Crippen LogP contribution in [0.3, 0.4) is 0 Å². The molecule has 3 fully saturated rings. The summed E-state index contributed by atoms with van der Waals surface area (Å²) in [6.45, 7) is 19.5. The lowest BCUT2D eigenvalue weighted by molar-refractivity contribution is -0.144. The van der Waals surface area contributed by atoms with Gasteiger partial charge in [-0.25, -0.2) is 4.98 Å². The normalized spacial score (nSPS) is 17.8. The first-order valence-corrected chi connectivity index (χ1v) is 20.3. The first-order chi connectivity index (χ1) is 25.3. The lowest BCUT2D eigenvalue weighted by atomic mass is 9.85. The zero-order valence-corrected chi connectivity index (χ0v) is 34.6. The van der Waals surface area contributed by atoms with Crippen LogP contribution in [-0.4, -0.2) is 92.9 Å². The number of aliphatic hydroxyl groups excluding tert-OH is 1. The van der Waals surface area contributed by atoms with Gasteiger partial charge >= 0.3 is 0 Å². The first-order valence-electron chi connectivity index (χ1n) is 20.3. The van der Waals surface area contributed by atoms with Gasteiger partial charge in [0.1, 0.15) is 17.8 Å². The van der Waals surface area contributed by atoms with Gasteiger partial charge in [-0.3, -0.25) is 29.0 Å². The molecule has 2 aliphatic carbocycles. The van der Waals surface area contributed by atoms with Crippen LogP contribution in [0.2, 0.25) is 0 Å². The third-order valence-electron chi connectivity index (χ3n) is 8.46. The molecule has 5 amide bonds. The Kier molecular flexibility index (Phi) is 26.0. The maximum atomic E-state index is 13.7. The minimum Gasteiger partial charge on any atom is -0.381 e. The van der Waals surface area contributed by atoms with Crippen molar-refractivity contribution in [2.24, 2.45) is 5.41 Å². The van der Waals surface area contributed by atoms with Gasteiger partial charge in [-0.1, -0.05) is 121 Å². The van der Waals surface area contributed by atoms with Crippen molar-refractivity contribution in [1.82, 2.24) is 36.1 Å². The molecule has 2 heterocycles. The van der Waals surface area contributed by atoms with E-state index in [1.54, 1.807) is 20.8 Å². The van der Waals surface area contributed by atoms with E-state index in [0.29, 0.717) is 32.2 Å². The summed E-state index contributed by atoms with van der Waals surface area (Å²) in [5, 5.41) is 21.3. The van der Waals surface area contributed by atoms with Crippen molar-refractivity contribution in [3.05, 3.63) is 24.3 Å². The van der Waals surface area contributed by atoms with Gasteiger partial charge in [-0.2, -0.15) is 0 Å². The topological polar surface area (TPSA) is 183 Å². The third kappa shape index (κ3) is 19.3. The molecule has 1 aromatic heterocycles. The molecule has 5 N–H and O–H groups in total. The van der Waals surface area contributed by atoms with Crippen molar-refractivity contribution in [3.63, 3.8) is 0 Å². The van der Waals surface area contributed by atoms with E-state index in [1.165, 1.54) is 68.4 Å². The maximum Gasteiger partial charge on any atom is 0.271 e. The Bertz CT molecular complexity index is 1170. The van der Waals surface area contributed by atoms with Crippen molar-refractivity contribution in [3.8, 4) is 0 Å². The van der Waals surface area contributed by atoms with Crippen LogP contribution in [0.1, 0.15) is 163 Å². The monoisotopic (exact) mass is 748 g/mol. The molecule has 13 heteroatoms. The highest BCUT2D eigenvalue weighted by Gasteiger charge is 2.43. The van der Waals surface area contributed by atoms with Gasteiger partial charge in [0, 0.05) is 25.0 Å². The smallest absolute Gasteiger partial charge is 0.271 e. The van der Waals surface area contributed by atoms with Crippen LogP contribution in [-0.2, 0) is 19.2 Å². The van der Waals surface area contributed by atoms with Gasteiger partial charge in [0.25, 0.3) is 11.8 Å². The molecule has 0 radical (unpaired) electrons. The van der Waals surface area contributed by atoms with Crippen LogP contribution >= 0.6 is 0 Å². The summed E-state index contributed by atoms with van der Waals surface area (Å²) in [4.78, 5) is 73.5. The Morgan fingerprint density at radius 1 is 0.868 bits per heavy atom. The van der Waals surface area contributed by atoms with E-state index >= 15 is 0 Å². The lowest BCUT2D eigenvalue weighted by Gasteiger charge is -2.36. The molecule has 2 saturated carbocycles. The van der Waals surface area contributed by atoms with Gasteiger partial charge in [0.2, 0.25) is 17.7 Å². The predicted molar refractivity (Wildman–Crippen MR) is 211 cm³/mol.